The minimum Gasteiger partial charge on any atom is -0.381 e. The molecule has 2 saturated heterocycles. The van der Waals surface area contributed by atoms with Crippen molar-refractivity contribution in [1.82, 2.24) is 0 Å². The van der Waals surface area contributed by atoms with E-state index in [-0.39, 0.29) is 11.7 Å². The number of hydrogen-bond donors (Lipinski definition) is 0. The van der Waals surface area contributed by atoms with Crippen LogP contribution < -0.4 is 0 Å². The first-order chi connectivity index (χ1) is 4.87. The van der Waals surface area contributed by atoms with Gasteiger partial charge in [0.05, 0.1) is 6.07 Å². The van der Waals surface area contributed by atoms with E-state index in [2.05, 4.69) is 6.07 Å². The first-order valence-electron chi connectivity index (χ1n) is 3.53. The van der Waals surface area contributed by atoms with Gasteiger partial charge < -0.3 is 9.47 Å². The van der Waals surface area contributed by atoms with Gasteiger partial charge in [-0.2, -0.15) is 5.26 Å². The molecule has 2 aliphatic heterocycles. The van der Waals surface area contributed by atoms with Crippen molar-refractivity contribution in [2.24, 2.45) is 0 Å². The molecule has 0 N–H and O–H groups in total. The van der Waals surface area contributed by atoms with Crippen LogP contribution in [0.25, 0.3) is 0 Å². The second-order valence-corrected chi connectivity index (χ2v) is 2.80. The molecule has 2 heterocycles. The molecule has 0 bridgehead atoms. The van der Waals surface area contributed by atoms with Crippen LogP contribution in [0.3, 0.4) is 0 Å². The van der Waals surface area contributed by atoms with E-state index in [9.17, 15) is 0 Å². The maximum Gasteiger partial charge on any atom is 0.173 e. The van der Waals surface area contributed by atoms with E-state index in [0.717, 1.165) is 26.1 Å². The van der Waals surface area contributed by atoms with Crippen molar-refractivity contribution >= 4 is 0 Å². The van der Waals surface area contributed by atoms with E-state index in [4.69, 9.17) is 14.7 Å². The molecule has 2 rings (SSSR count). The molecule has 0 aromatic carbocycles. The minimum atomic E-state index is -0.142. The van der Waals surface area contributed by atoms with E-state index in [1.165, 1.54) is 0 Å². The standard InChI is InChI=1S/C7H9NO2/c8-5-6-7(10-6)1-3-9-4-2-7/h6H,1-4H2/t6-/m1/s1. The highest BCUT2D eigenvalue weighted by atomic mass is 16.6. The Balaban J connectivity index is 1.99. The van der Waals surface area contributed by atoms with Gasteiger partial charge in [-0.05, 0) is 0 Å². The third-order valence-electron chi connectivity index (χ3n) is 2.23. The first kappa shape index (κ1) is 6.14. The fraction of sp³-hybridized carbons (Fsp3) is 0.857. The molecule has 0 radical (unpaired) electrons. The highest BCUT2D eigenvalue weighted by Crippen LogP contribution is 2.44. The van der Waals surface area contributed by atoms with Crippen molar-refractivity contribution in [3.05, 3.63) is 0 Å². The maximum absolute atomic E-state index is 8.51. The van der Waals surface area contributed by atoms with Crippen LogP contribution in [-0.2, 0) is 9.47 Å². The Kier molecular flexibility index (Phi) is 1.19. The summed E-state index contributed by atoms with van der Waals surface area (Å²) < 4.78 is 10.4. The van der Waals surface area contributed by atoms with Gasteiger partial charge in [0.1, 0.15) is 5.60 Å². The van der Waals surface area contributed by atoms with Gasteiger partial charge in [0.2, 0.25) is 0 Å². The molecule has 0 aromatic heterocycles. The molecule has 1 spiro atoms. The van der Waals surface area contributed by atoms with Crippen molar-refractivity contribution in [3.8, 4) is 6.07 Å². The molecule has 1 atom stereocenters. The molecule has 3 nitrogen and oxygen atoms in total. The van der Waals surface area contributed by atoms with Gasteiger partial charge in [0.15, 0.2) is 6.10 Å². The van der Waals surface area contributed by atoms with Crippen molar-refractivity contribution < 1.29 is 9.47 Å². The molecule has 0 aromatic rings. The Bertz CT molecular complexity index is 179. The fourth-order valence-corrected chi connectivity index (χ4v) is 1.44. The summed E-state index contributed by atoms with van der Waals surface area (Å²) in [6.45, 7) is 1.50. The topological polar surface area (TPSA) is 45.5 Å². The number of rotatable bonds is 0. The Morgan fingerprint density at radius 2 is 2.10 bits per heavy atom. The highest BCUT2D eigenvalue weighted by Gasteiger charge is 2.57. The van der Waals surface area contributed by atoms with E-state index < -0.39 is 0 Å². The van der Waals surface area contributed by atoms with Crippen molar-refractivity contribution in [3.63, 3.8) is 0 Å². The van der Waals surface area contributed by atoms with Crippen LogP contribution in [0.2, 0.25) is 0 Å². The zero-order valence-corrected chi connectivity index (χ0v) is 5.67. The van der Waals surface area contributed by atoms with Crippen LogP contribution in [0.15, 0.2) is 0 Å². The molecule has 0 aliphatic carbocycles. The molecule has 0 amide bonds. The largest absolute Gasteiger partial charge is 0.381 e. The number of nitriles is 1. The number of hydrogen-bond acceptors (Lipinski definition) is 3. The van der Waals surface area contributed by atoms with Gasteiger partial charge in [-0.3, -0.25) is 0 Å². The Morgan fingerprint density at radius 3 is 2.60 bits per heavy atom. The van der Waals surface area contributed by atoms with Crippen LogP contribution in [0, 0.1) is 11.3 Å². The summed E-state index contributed by atoms with van der Waals surface area (Å²) in [5.74, 6) is 0. The molecule has 0 saturated carbocycles. The lowest BCUT2D eigenvalue weighted by Crippen LogP contribution is -2.25. The molecule has 2 fully saturated rings. The summed E-state index contributed by atoms with van der Waals surface area (Å²) >= 11 is 0. The third kappa shape index (κ3) is 0.731. The van der Waals surface area contributed by atoms with Gasteiger partial charge >= 0.3 is 0 Å². The second kappa shape index (κ2) is 1.94. The van der Waals surface area contributed by atoms with E-state index in [1.54, 1.807) is 0 Å². The number of nitrogens with zero attached hydrogens (tertiary/aromatic N) is 1. The average molecular weight is 139 g/mol. The zero-order chi connectivity index (χ0) is 7.03. The van der Waals surface area contributed by atoms with Crippen molar-refractivity contribution in [1.29, 1.82) is 5.26 Å². The summed E-state index contributed by atoms with van der Waals surface area (Å²) in [6, 6.07) is 2.12. The third-order valence-corrected chi connectivity index (χ3v) is 2.23. The monoisotopic (exact) mass is 139 g/mol. The van der Waals surface area contributed by atoms with Gasteiger partial charge in [-0.25, -0.2) is 0 Å². The van der Waals surface area contributed by atoms with Crippen LogP contribution >= 0.6 is 0 Å². The lowest BCUT2D eigenvalue weighted by atomic mass is 9.97. The maximum atomic E-state index is 8.51. The van der Waals surface area contributed by atoms with Crippen LogP contribution in [0.1, 0.15) is 12.8 Å². The van der Waals surface area contributed by atoms with Gasteiger partial charge in [-0.1, -0.05) is 0 Å². The smallest absolute Gasteiger partial charge is 0.173 e. The first-order valence-corrected chi connectivity index (χ1v) is 3.53. The van der Waals surface area contributed by atoms with Crippen molar-refractivity contribution in [2.75, 3.05) is 13.2 Å². The lowest BCUT2D eigenvalue weighted by molar-refractivity contribution is 0.0494. The number of ether oxygens (including phenoxy) is 2. The van der Waals surface area contributed by atoms with E-state index in [0.29, 0.717) is 0 Å². The van der Waals surface area contributed by atoms with E-state index >= 15 is 0 Å². The zero-order valence-electron chi connectivity index (χ0n) is 5.67. The van der Waals surface area contributed by atoms with Crippen molar-refractivity contribution in [2.45, 2.75) is 24.5 Å². The second-order valence-electron chi connectivity index (χ2n) is 2.80. The Morgan fingerprint density at radius 1 is 1.40 bits per heavy atom. The summed E-state index contributed by atoms with van der Waals surface area (Å²) in [5.41, 5.74) is -0.0903. The highest BCUT2D eigenvalue weighted by molar-refractivity contribution is 5.14. The predicted molar refractivity (Wildman–Crippen MR) is 33.3 cm³/mol. The predicted octanol–water partition coefficient (Wildman–Crippen LogP) is 0.458. The molecule has 54 valence electrons. The fourth-order valence-electron chi connectivity index (χ4n) is 1.44. The van der Waals surface area contributed by atoms with Gasteiger partial charge in [-0.15, -0.1) is 0 Å². The van der Waals surface area contributed by atoms with Crippen LogP contribution in [-0.4, -0.2) is 24.9 Å². The molecule has 0 unspecified atom stereocenters. The van der Waals surface area contributed by atoms with Gasteiger partial charge in [0.25, 0.3) is 0 Å². The quantitative estimate of drug-likeness (QED) is 0.458. The summed E-state index contributed by atoms with van der Waals surface area (Å²) in [4.78, 5) is 0. The normalized spacial score (nSPS) is 35.3. The lowest BCUT2D eigenvalue weighted by Gasteiger charge is -2.17. The van der Waals surface area contributed by atoms with Crippen LogP contribution in [0.4, 0.5) is 0 Å². The minimum absolute atomic E-state index is 0.0903. The molecular weight excluding hydrogens is 130 g/mol. The average Bonchev–Trinajstić information content (AvgIpc) is 2.65. The van der Waals surface area contributed by atoms with Gasteiger partial charge in [0, 0.05) is 26.1 Å². The summed E-state index contributed by atoms with van der Waals surface area (Å²) in [6.07, 6.45) is 1.65. The molecule has 3 heteroatoms. The van der Waals surface area contributed by atoms with E-state index in [1.807, 2.05) is 0 Å². The summed E-state index contributed by atoms with van der Waals surface area (Å²) in [7, 11) is 0. The number of epoxide rings is 1. The Labute approximate surface area is 59.5 Å². The summed E-state index contributed by atoms with van der Waals surface area (Å²) in [5, 5.41) is 8.51. The Hall–Kier alpha value is -0.590. The molecule has 2 aliphatic rings. The molecular formula is C7H9NO2. The van der Waals surface area contributed by atoms with Crippen LogP contribution in [0.5, 0.6) is 0 Å². The molecule has 10 heavy (non-hydrogen) atoms. The SMILES string of the molecule is N#C[C@H]1OC12CCOCC2.